The summed E-state index contributed by atoms with van der Waals surface area (Å²) in [6.45, 7) is 17.4. The third-order valence-corrected chi connectivity index (χ3v) is 18.5. The fourth-order valence-corrected chi connectivity index (χ4v) is 12.1. The van der Waals surface area contributed by atoms with Gasteiger partial charge < -0.3 is 60.4 Å². The van der Waals surface area contributed by atoms with Crippen molar-refractivity contribution < 1.29 is 77.4 Å². The van der Waals surface area contributed by atoms with Gasteiger partial charge in [0.1, 0.15) is 24.1 Å². The lowest BCUT2D eigenvalue weighted by molar-refractivity contribution is -0.150. The largest absolute Gasteiger partial charge is 0.457 e. The summed E-state index contributed by atoms with van der Waals surface area (Å²) in [5, 5.41) is 38.3. The Labute approximate surface area is 529 Å². The number of imide groups is 1. The Morgan fingerprint density at radius 1 is 0.944 bits per heavy atom. The van der Waals surface area contributed by atoms with Crippen molar-refractivity contribution in [3.05, 3.63) is 71.3 Å². The van der Waals surface area contributed by atoms with E-state index in [-0.39, 0.29) is 149 Å². The van der Waals surface area contributed by atoms with E-state index in [0.29, 0.717) is 68.2 Å². The van der Waals surface area contributed by atoms with Crippen LogP contribution in [-0.2, 0) is 60.7 Å². The van der Waals surface area contributed by atoms with Crippen molar-refractivity contribution in [2.24, 2.45) is 35.3 Å². The minimum absolute atomic E-state index is 0.0178. The normalized spacial score (nSPS) is 26.0. The number of Topliss-reactive ketones (excluding diaryl/α,β-unsaturated/α-hetero) is 2. The Bertz CT molecular complexity index is 2670. The molecule has 1 aromatic carbocycles. The third kappa shape index (κ3) is 23.6. The summed E-state index contributed by atoms with van der Waals surface area (Å²) in [6.07, 6.45) is 10.9. The van der Waals surface area contributed by atoms with E-state index in [2.05, 4.69) is 10.6 Å². The number of thioether (sulfide) groups is 1. The number of urea groups is 1. The van der Waals surface area contributed by atoms with Crippen molar-refractivity contribution in [3.63, 3.8) is 0 Å². The molecule has 22 nitrogen and oxygen atoms in total. The lowest BCUT2D eigenvalue weighted by atomic mass is 9.87. The number of carbonyl (C=O) groups is 9. The van der Waals surface area contributed by atoms with Crippen molar-refractivity contribution in [3.8, 4) is 0 Å². The van der Waals surface area contributed by atoms with E-state index in [1.165, 1.54) is 26.5 Å². The second-order valence-corrected chi connectivity index (χ2v) is 26.7. The van der Waals surface area contributed by atoms with Crippen molar-refractivity contribution >= 4 is 65.2 Å². The average molecular weight is 1270 g/mol. The number of amides is 7. The van der Waals surface area contributed by atoms with Gasteiger partial charge in [-0.3, -0.25) is 33.7 Å². The molecule has 5 rings (SSSR count). The molecule has 0 radical (unpaired) electrons. The quantitative estimate of drug-likeness (QED) is 0.00839. The number of hydrogen-bond donors (Lipinski definition) is 6. The van der Waals surface area contributed by atoms with Crippen LogP contribution in [0.3, 0.4) is 0 Å². The van der Waals surface area contributed by atoms with Crippen LogP contribution in [0.5, 0.6) is 0 Å². The molecule has 0 aromatic heterocycles. The number of piperazine rings is 1. The molecule has 1 aromatic rings. The molecule has 13 atom stereocenters. The van der Waals surface area contributed by atoms with Crippen LogP contribution in [0.2, 0.25) is 0 Å². The molecule has 4 aliphatic heterocycles. The molecular weight excluding hydrogens is 1160 g/mol. The second kappa shape index (κ2) is 34.9. The number of likely N-dealkylation sites (tertiary alicyclic amines) is 1. The highest BCUT2D eigenvalue weighted by molar-refractivity contribution is 8.00. The first-order valence-electron chi connectivity index (χ1n) is 31.7. The van der Waals surface area contributed by atoms with Gasteiger partial charge in [0, 0.05) is 95.5 Å². The predicted molar refractivity (Wildman–Crippen MR) is 337 cm³/mol. The van der Waals surface area contributed by atoms with E-state index in [9.17, 15) is 58.5 Å². The van der Waals surface area contributed by atoms with Crippen LogP contribution in [0.4, 0.5) is 14.4 Å². The number of ketones is 2. The molecule has 0 bridgehead atoms. The van der Waals surface area contributed by atoms with Crippen LogP contribution >= 0.6 is 11.8 Å². The van der Waals surface area contributed by atoms with Crippen molar-refractivity contribution in [1.82, 2.24) is 25.3 Å². The van der Waals surface area contributed by atoms with E-state index in [4.69, 9.17) is 24.7 Å². The summed E-state index contributed by atoms with van der Waals surface area (Å²) in [6, 6.07) is 5.27. The molecule has 4 heterocycles. The van der Waals surface area contributed by atoms with E-state index in [0.717, 1.165) is 0 Å². The highest BCUT2D eigenvalue weighted by Crippen LogP contribution is 2.38. The Balaban J connectivity index is 1.11. The molecule has 3 saturated heterocycles. The SMILES string of the molecule is CC[C@H](O)[C@@H](C)[C@H]1O[C@@H]1C[C@@](C)(O)/C=C/C=C(\C)[C@H]1OC(=O)C[C@H](C)CC[C@@](C)(O)[C@@H](OC(=O)N2CCN(C(=O)OCc3ccc(CC(=O)[C@H](CCCNC(N)=O)NC(=O)[C@@H](CC(=O)CCCCCN4C(=O)CC(SC)C4=O)C(C)C)cc3)CC2)/C=C/[C@@H]1C. The van der Waals surface area contributed by atoms with Crippen molar-refractivity contribution in [1.29, 1.82) is 0 Å². The lowest BCUT2D eigenvalue weighted by Crippen LogP contribution is -2.52. The molecule has 4 aliphatic rings. The number of aliphatic hydroxyl groups is 3. The fourth-order valence-electron chi connectivity index (χ4n) is 11.5. The number of unbranched alkanes of at least 4 members (excludes halogenated alkanes) is 2. The zero-order valence-electron chi connectivity index (χ0n) is 53.9. The first-order chi connectivity index (χ1) is 42.0. The minimum atomic E-state index is -1.51. The maximum atomic E-state index is 13.9. The van der Waals surface area contributed by atoms with Crippen LogP contribution in [0.15, 0.2) is 60.2 Å². The number of rotatable bonds is 30. The van der Waals surface area contributed by atoms with E-state index < -0.39 is 71.5 Å². The van der Waals surface area contributed by atoms with Gasteiger partial charge in [0.15, 0.2) is 11.9 Å². The average Bonchev–Trinajstić information content (AvgIpc) is 3.44. The molecular formula is C66H100N6O16S. The zero-order valence-corrected chi connectivity index (χ0v) is 54.8. The molecule has 89 heavy (non-hydrogen) atoms. The van der Waals surface area contributed by atoms with Gasteiger partial charge in [0.2, 0.25) is 17.7 Å². The van der Waals surface area contributed by atoms with Crippen LogP contribution in [0.25, 0.3) is 0 Å². The molecule has 7 amide bonds. The van der Waals surface area contributed by atoms with Gasteiger partial charge in [-0.2, -0.15) is 11.8 Å². The fraction of sp³-hybridized carbons (Fsp3) is 0.682. The zero-order chi connectivity index (χ0) is 65.8. The van der Waals surface area contributed by atoms with Gasteiger partial charge in [-0.25, -0.2) is 14.4 Å². The molecule has 3 fully saturated rings. The molecule has 0 saturated carbocycles. The van der Waals surface area contributed by atoms with Crippen LogP contribution in [0.1, 0.15) is 157 Å². The smallest absolute Gasteiger partial charge is 0.410 e. The number of esters is 1. The van der Waals surface area contributed by atoms with E-state index in [1.807, 2.05) is 48.5 Å². The van der Waals surface area contributed by atoms with Crippen LogP contribution in [-0.4, -0.2) is 182 Å². The Morgan fingerprint density at radius 2 is 1.61 bits per heavy atom. The summed E-state index contributed by atoms with van der Waals surface area (Å²) in [5.74, 6) is -3.11. The first-order valence-corrected chi connectivity index (χ1v) is 33.0. The molecule has 0 aliphatic carbocycles. The number of hydrogen-bond acceptors (Lipinski definition) is 17. The Morgan fingerprint density at radius 3 is 2.24 bits per heavy atom. The number of epoxide rings is 1. The Kier molecular flexibility index (Phi) is 28.8. The second-order valence-electron chi connectivity index (χ2n) is 25.7. The monoisotopic (exact) mass is 1260 g/mol. The number of nitrogens with zero attached hydrogens (tertiary/aromatic N) is 3. The van der Waals surface area contributed by atoms with Crippen molar-refractivity contribution in [2.45, 2.75) is 212 Å². The van der Waals surface area contributed by atoms with Crippen LogP contribution < -0.4 is 16.4 Å². The van der Waals surface area contributed by atoms with Gasteiger partial charge in [0.05, 0.1) is 35.2 Å². The molecule has 7 N–H and O–H groups in total. The topological polar surface area (TPSA) is 314 Å². The summed E-state index contributed by atoms with van der Waals surface area (Å²) in [4.78, 5) is 122. The maximum absolute atomic E-state index is 13.9. The van der Waals surface area contributed by atoms with Gasteiger partial charge in [0.25, 0.3) is 0 Å². The summed E-state index contributed by atoms with van der Waals surface area (Å²) in [7, 11) is 0. The number of benzene rings is 1. The summed E-state index contributed by atoms with van der Waals surface area (Å²) >= 11 is 1.36. The summed E-state index contributed by atoms with van der Waals surface area (Å²) < 4.78 is 23.6. The maximum Gasteiger partial charge on any atom is 0.410 e. The number of cyclic esters (lactones) is 1. The molecule has 1 unspecified atom stereocenters. The minimum Gasteiger partial charge on any atom is -0.457 e. The number of ether oxygens (including phenoxy) is 4. The number of allylic oxidation sites excluding steroid dienone is 2. The molecule has 496 valence electrons. The van der Waals surface area contributed by atoms with Crippen LogP contribution in [0, 0.1) is 29.6 Å². The number of primary amides is 1. The standard InChI is InChI=1S/C66H100N6O16S/c1-11-51(74)45(7)59-53(86-59)39-65(8,83)27-15-17-43(5)58-44(6)20-25-55(66(9,84)28-26-42(4)35-57(77)88-58)87-64(82)71-33-31-70(32-34-71)63(81)85-40-47-23-21-46(22-24-47)36-52(75)50(19-16-29-68-62(67)80)69-60(78)49(41(2)3)37-48(73)18-13-12-14-30-72-56(76)38-54(89-10)61(72)79/h15,17,20-25,27,41-42,44-45,49-51,53-55,58-59,74,83-84H,11-14,16,18-19,26,28-40H2,1-10H3,(H,69,78)(H3,67,68,80)/b25-20+,27-15+,43-17+/t42-,44+,45-,49+,50+,51+,53-,54?,55+,58-,59-,65+,66-/m1/s1. The first kappa shape index (κ1) is 73.6. The highest BCUT2D eigenvalue weighted by Gasteiger charge is 2.47. The number of carbonyl (C=O) groups excluding carboxylic acids is 9. The highest BCUT2D eigenvalue weighted by atomic mass is 32.2. The van der Waals surface area contributed by atoms with Gasteiger partial charge in [-0.15, -0.1) is 0 Å². The number of nitrogens with one attached hydrogen (secondary N) is 2. The van der Waals surface area contributed by atoms with Gasteiger partial charge in [-0.1, -0.05) is 96.5 Å². The summed E-state index contributed by atoms with van der Waals surface area (Å²) in [5.41, 5.74) is 4.54. The Hall–Kier alpha value is -6.14. The predicted octanol–water partition coefficient (Wildman–Crippen LogP) is 7.27. The van der Waals surface area contributed by atoms with Gasteiger partial charge in [-0.05, 0) is 107 Å². The van der Waals surface area contributed by atoms with Gasteiger partial charge >= 0.3 is 24.2 Å². The number of nitrogens with two attached hydrogens (primary N) is 1. The van der Waals surface area contributed by atoms with E-state index in [1.54, 1.807) is 74.7 Å². The van der Waals surface area contributed by atoms with E-state index >= 15 is 0 Å². The third-order valence-electron chi connectivity index (χ3n) is 17.5. The van der Waals surface area contributed by atoms with Crippen molar-refractivity contribution in [2.75, 3.05) is 45.5 Å². The molecule has 23 heteroatoms. The lowest BCUT2D eigenvalue weighted by Gasteiger charge is -2.37. The number of aliphatic hydroxyl groups excluding tert-OH is 1. The molecule has 0 spiro atoms.